The Labute approximate surface area is 183 Å². The minimum atomic E-state index is -0.881. The number of carbonyl (C=O) groups is 1. The van der Waals surface area contributed by atoms with E-state index in [2.05, 4.69) is 24.3 Å². The number of morpholine rings is 1. The molecule has 1 aliphatic carbocycles. The predicted octanol–water partition coefficient (Wildman–Crippen LogP) is 4.50. The van der Waals surface area contributed by atoms with Gasteiger partial charge in [-0.15, -0.1) is 0 Å². The molecule has 2 atom stereocenters. The summed E-state index contributed by atoms with van der Waals surface area (Å²) in [5.74, 6) is 0.0411. The van der Waals surface area contributed by atoms with Crippen molar-refractivity contribution < 1.29 is 19.4 Å². The Bertz CT molecular complexity index is 970. The van der Waals surface area contributed by atoms with E-state index in [1.807, 2.05) is 49.1 Å². The number of ether oxygens (including phenoxy) is 2. The highest BCUT2D eigenvalue weighted by molar-refractivity contribution is 5.79. The first-order valence-corrected chi connectivity index (χ1v) is 11.1. The molecule has 0 radical (unpaired) electrons. The van der Waals surface area contributed by atoms with E-state index in [1.54, 1.807) is 0 Å². The molecule has 5 heteroatoms. The predicted molar refractivity (Wildman–Crippen MR) is 119 cm³/mol. The lowest BCUT2D eigenvalue weighted by atomic mass is 9.77. The molecule has 0 aromatic heterocycles. The Morgan fingerprint density at radius 3 is 2.19 bits per heavy atom. The Balaban J connectivity index is 1.34. The van der Waals surface area contributed by atoms with Crippen LogP contribution in [0.5, 0.6) is 0 Å². The second-order valence-electron chi connectivity index (χ2n) is 8.97. The number of benzene rings is 2. The summed E-state index contributed by atoms with van der Waals surface area (Å²) in [5, 5.41) is 11.2. The molecule has 1 N–H and O–H groups in total. The van der Waals surface area contributed by atoms with Crippen LogP contribution in [0.4, 0.5) is 4.79 Å². The summed E-state index contributed by atoms with van der Waals surface area (Å²) < 4.78 is 11.6. The van der Waals surface area contributed by atoms with E-state index in [0.717, 1.165) is 5.57 Å². The maximum absolute atomic E-state index is 13.2. The van der Waals surface area contributed by atoms with E-state index in [1.165, 1.54) is 22.3 Å². The summed E-state index contributed by atoms with van der Waals surface area (Å²) in [7, 11) is 0. The van der Waals surface area contributed by atoms with Gasteiger partial charge in [0.1, 0.15) is 6.61 Å². The Morgan fingerprint density at radius 1 is 1.10 bits per heavy atom. The lowest BCUT2D eigenvalue weighted by molar-refractivity contribution is -0.120. The second-order valence-corrected chi connectivity index (χ2v) is 8.97. The van der Waals surface area contributed by atoms with Crippen LogP contribution in [-0.2, 0) is 9.47 Å². The molecule has 2 fully saturated rings. The minimum Gasteiger partial charge on any atom is -0.448 e. The van der Waals surface area contributed by atoms with Crippen LogP contribution in [0, 0.1) is 0 Å². The average Bonchev–Trinajstić information content (AvgIpc) is 3.10. The average molecular weight is 420 g/mol. The molecule has 2 aromatic carbocycles. The van der Waals surface area contributed by atoms with Gasteiger partial charge in [-0.3, -0.25) is 4.90 Å². The highest BCUT2D eigenvalue weighted by Crippen LogP contribution is 2.45. The second kappa shape index (κ2) is 7.81. The topological polar surface area (TPSA) is 59.0 Å². The Morgan fingerprint density at radius 2 is 1.65 bits per heavy atom. The molecule has 2 aliphatic heterocycles. The fraction of sp³-hybridized carbons (Fsp3) is 0.423. The SMILES string of the molecule is CC=C(C)C1(O)CC2COCC(C1)N2C(=O)OCC1c2ccccc2-c2ccccc21. The van der Waals surface area contributed by atoms with Crippen molar-refractivity contribution >= 4 is 6.09 Å². The third kappa shape index (κ3) is 3.36. The number of rotatable bonds is 3. The van der Waals surface area contributed by atoms with E-state index in [9.17, 15) is 9.90 Å². The van der Waals surface area contributed by atoms with Crippen LogP contribution in [0.2, 0.25) is 0 Å². The van der Waals surface area contributed by atoms with Gasteiger partial charge in [0.2, 0.25) is 0 Å². The van der Waals surface area contributed by atoms with E-state index in [-0.39, 0.29) is 24.1 Å². The van der Waals surface area contributed by atoms with Crippen molar-refractivity contribution in [1.82, 2.24) is 4.90 Å². The number of carbonyl (C=O) groups excluding carboxylic acids is 1. The molecule has 31 heavy (non-hydrogen) atoms. The normalized spacial score (nSPS) is 27.6. The van der Waals surface area contributed by atoms with Crippen LogP contribution in [0.15, 0.2) is 60.2 Å². The third-order valence-electron chi connectivity index (χ3n) is 7.27. The maximum atomic E-state index is 13.2. The number of allylic oxidation sites excluding steroid dienone is 1. The number of hydrogen-bond donors (Lipinski definition) is 1. The molecule has 0 spiro atoms. The van der Waals surface area contributed by atoms with Crippen molar-refractivity contribution in [3.8, 4) is 11.1 Å². The molecule has 0 saturated carbocycles. The van der Waals surface area contributed by atoms with E-state index in [0.29, 0.717) is 32.7 Å². The van der Waals surface area contributed by atoms with Crippen LogP contribution >= 0.6 is 0 Å². The number of hydrogen-bond acceptors (Lipinski definition) is 4. The Kier molecular flexibility index (Phi) is 5.11. The zero-order valence-electron chi connectivity index (χ0n) is 18.1. The van der Waals surface area contributed by atoms with Crippen LogP contribution in [-0.4, -0.2) is 53.6 Å². The van der Waals surface area contributed by atoms with Gasteiger partial charge in [0.05, 0.1) is 30.9 Å². The molecule has 2 aromatic rings. The molecule has 5 nitrogen and oxygen atoms in total. The molecule has 2 bridgehead atoms. The molecule has 1 amide bonds. The highest BCUT2D eigenvalue weighted by atomic mass is 16.6. The molecular formula is C26H29NO4. The molecule has 2 heterocycles. The van der Waals surface area contributed by atoms with Gasteiger partial charge in [0.15, 0.2) is 0 Å². The largest absolute Gasteiger partial charge is 0.448 e. The third-order valence-corrected chi connectivity index (χ3v) is 7.27. The molecule has 162 valence electrons. The van der Waals surface area contributed by atoms with E-state index < -0.39 is 5.60 Å². The first-order valence-electron chi connectivity index (χ1n) is 11.1. The van der Waals surface area contributed by atoms with Crippen molar-refractivity contribution in [3.05, 3.63) is 71.3 Å². The lowest BCUT2D eigenvalue weighted by Gasteiger charge is -2.51. The monoisotopic (exact) mass is 419 g/mol. The minimum absolute atomic E-state index is 0.0411. The van der Waals surface area contributed by atoms with Gasteiger partial charge >= 0.3 is 6.09 Å². The van der Waals surface area contributed by atoms with Crippen molar-refractivity contribution in [2.24, 2.45) is 0 Å². The van der Waals surface area contributed by atoms with Gasteiger partial charge in [-0.1, -0.05) is 54.6 Å². The zero-order valence-corrected chi connectivity index (χ0v) is 18.1. The zero-order chi connectivity index (χ0) is 21.6. The van der Waals surface area contributed by atoms with Gasteiger partial charge in [-0.05, 0) is 41.7 Å². The van der Waals surface area contributed by atoms with Crippen LogP contribution in [0.1, 0.15) is 43.7 Å². The van der Waals surface area contributed by atoms with Gasteiger partial charge in [0, 0.05) is 18.8 Å². The molecule has 2 unspecified atom stereocenters. The molecule has 3 aliphatic rings. The van der Waals surface area contributed by atoms with Crippen LogP contribution < -0.4 is 0 Å². The standard InChI is InChI=1S/C26H29NO4/c1-3-17(2)26(29)12-18-14-30-15-19(13-26)27(18)25(28)31-16-24-22-10-6-4-8-20(22)21-9-5-7-11-23(21)24/h3-11,18-19,24,29H,12-16H2,1-2H3. The van der Waals surface area contributed by atoms with Crippen molar-refractivity contribution in [3.63, 3.8) is 0 Å². The lowest BCUT2D eigenvalue weighted by Crippen LogP contribution is -2.63. The summed E-state index contributed by atoms with van der Waals surface area (Å²) >= 11 is 0. The number of piperidine rings is 1. The Hall–Kier alpha value is -2.63. The summed E-state index contributed by atoms with van der Waals surface area (Å²) in [6.45, 7) is 5.07. The summed E-state index contributed by atoms with van der Waals surface area (Å²) in [6.07, 6.45) is 2.60. The van der Waals surface area contributed by atoms with Crippen molar-refractivity contribution in [2.75, 3.05) is 19.8 Å². The molecule has 5 rings (SSSR count). The number of fused-ring (bicyclic) bond motifs is 5. The highest BCUT2D eigenvalue weighted by Gasteiger charge is 2.49. The van der Waals surface area contributed by atoms with E-state index >= 15 is 0 Å². The summed E-state index contributed by atoms with van der Waals surface area (Å²) in [5.41, 5.74) is 4.92. The number of nitrogens with zero attached hydrogens (tertiary/aromatic N) is 1. The molecular weight excluding hydrogens is 390 g/mol. The number of amides is 1. The quantitative estimate of drug-likeness (QED) is 0.745. The molecule has 2 saturated heterocycles. The van der Waals surface area contributed by atoms with Gasteiger partial charge in [-0.2, -0.15) is 0 Å². The van der Waals surface area contributed by atoms with Crippen molar-refractivity contribution in [2.45, 2.75) is 50.3 Å². The first-order chi connectivity index (χ1) is 15.0. The number of aliphatic hydroxyl groups is 1. The van der Waals surface area contributed by atoms with Crippen LogP contribution in [0.25, 0.3) is 11.1 Å². The fourth-order valence-electron chi connectivity index (χ4n) is 5.53. The van der Waals surface area contributed by atoms with Gasteiger partial charge in [-0.25, -0.2) is 4.79 Å². The van der Waals surface area contributed by atoms with Crippen LogP contribution in [0.3, 0.4) is 0 Å². The summed E-state index contributed by atoms with van der Waals surface area (Å²) in [4.78, 5) is 15.0. The van der Waals surface area contributed by atoms with Gasteiger partial charge in [0.25, 0.3) is 0 Å². The van der Waals surface area contributed by atoms with Crippen molar-refractivity contribution in [1.29, 1.82) is 0 Å². The van der Waals surface area contributed by atoms with Gasteiger partial charge < -0.3 is 14.6 Å². The fourth-order valence-corrected chi connectivity index (χ4v) is 5.53. The summed E-state index contributed by atoms with van der Waals surface area (Å²) in [6, 6.07) is 16.3. The van der Waals surface area contributed by atoms with E-state index in [4.69, 9.17) is 9.47 Å². The first kappa shape index (κ1) is 20.3. The smallest absolute Gasteiger partial charge is 0.410 e. The maximum Gasteiger partial charge on any atom is 0.410 e.